The zero-order valence-corrected chi connectivity index (χ0v) is 17.6. The maximum atomic E-state index is 12.6. The van der Waals surface area contributed by atoms with Crippen LogP contribution in [0.5, 0.6) is 0 Å². The first-order chi connectivity index (χ1) is 15.3. The van der Waals surface area contributed by atoms with Gasteiger partial charge in [-0.3, -0.25) is 9.59 Å². The maximum absolute atomic E-state index is 12.6. The van der Waals surface area contributed by atoms with Gasteiger partial charge >= 0.3 is 18.0 Å². The Morgan fingerprint density at radius 2 is 1.41 bits per heavy atom. The van der Waals surface area contributed by atoms with E-state index < -0.39 is 48.2 Å². The molecule has 0 aliphatic rings. The Labute approximate surface area is 185 Å². The van der Waals surface area contributed by atoms with Gasteiger partial charge in [-0.1, -0.05) is 67.6 Å². The highest BCUT2D eigenvalue weighted by Gasteiger charge is 2.35. The smallest absolute Gasteiger partial charge is 0.408 e. The molecule has 0 saturated heterocycles. The summed E-state index contributed by atoms with van der Waals surface area (Å²) in [6, 6.07) is 14.9. The van der Waals surface area contributed by atoms with E-state index in [1.807, 2.05) is 6.07 Å². The summed E-state index contributed by atoms with van der Waals surface area (Å²) in [4.78, 5) is 48.2. The summed E-state index contributed by atoms with van der Waals surface area (Å²) in [6.07, 6.45) is -1.40. The second kappa shape index (κ2) is 12.2. The first-order valence-electron chi connectivity index (χ1n) is 9.96. The van der Waals surface area contributed by atoms with Gasteiger partial charge in [-0.05, 0) is 11.1 Å². The molecule has 9 heteroatoms. The van der Waals surface area contributed by atoms with Gasteiger partial charge in [0.1, 0.15) is 19.3 Å². The van der Waals surface area contributed by atoms with Crippen molar-refractivity contribution in [1.82, 2.24) is 5.32 Å². The first kappa shape index (κ1) is 24.5. The van der Waals surface area contributed by atoms with Gasteiger partial charge in [-0.15, -0.1) is 0 Å². The van der Waals surface area contributed by atoms with Gasteiger partial charge in [-0.2, -0.15) is 0 Å². The van der Waals surface area contributed by atoms with Crippen molar-refractivity contribution in [1.29, 1.82) is 0 Å². The number of nitrogens with two attached hydrogens (primary N) is 1. The number of alkyl carbamates (subject to hydrolysis) is 1. The lowest BCUT2D eigenvalue weighted by atomic mass is 9.91. The van der Waals surface area contributed by atoms with E-state index in [1.54, 1.807) is 54.6 Å². The Kier molecular flexibility index (Phi) is 9.37. The van der Waals surface area contributed by atoms with Gasteiger partial charge < -0.3 is 25.6 Å². The lowest BCUT2D eigenvalue weighted by Crippen LogP contribution is -2.51. The van der Waals surface area contributed by atoms with Crippen LogP contribution in [-0.2, 0) is 37.1 Å². The molecule has 0 spiro atoms. The summed E-state index contributed by atoms with van der Waals surface area (Å²) >= 11 is 0. The number of ketones is 1. The molecule has 2 aromatic rings. The van der Waals surface area contributed by atoms with Crippen molar-refractivity contribution in [2.24, 2.45) is 11.7 Å². The molecule has 2 aromatic carbocycles. The predicted octanol–water partition coefficient (Wildman–Crippen LogP) is 2.03. The van der Waals surface area contributed by atoms with Crippen molar-refractivity contribution >= 4 is 23.8 Å². The van der Waals surface area contributed by atoms with Crippen molar-refractivity contribution in [3.63, 3.8) is 0 Å². The number of hydrogen-bond acceptors (Lipinski definition) is 7. The highest BCUT2D eigenvalue weighted by atomic mass is 16.5. The highest BCUT2D eigenvalue weighted by molar-refractivity contribution is 5.94. The van der Waals surface area contributed by atoms with E-state index in [4.69, 9.17) is 15.2 Å². The lowest BCUT2D eigenvalue weighted by Gasteiger charge is -2.22. The van der Waals surface area contributed by atoms with Gasteiger partial charge in [0.25, 0.3) is 0 Å². The van der Waals surface area contributed by atoms with E-state index in [-0.39, 0.29) is 13.2 Å². The third-order valence-electron chi connectivity index (χ3n) is 4.70. The fourth-order valence-corrected chi connectivity index (χ4v) is 2.87. The van der Waals surface area contributed by atoms with Crippen LogP contribution in [0.1, 0.15) is 24.5 Å². The van der Waals surface area contributed by atoms with Crippen LogP contribution in [0.15, 0.2) is 60.7 Å². The van der Waals surface area contributed by atoms with Gasteiger partial charge in [-0.25, -0.2) is 9.59 Å². The average Bonchev–Trinajstić information content (AvgIpc) is 2.80. The van der Waals surface area contributed by atoms with E-state index in [2.05, 4.69) is 5.32 Å². The fourth-order valence-electron chi connectivity index (χ4n) is 2.87. The fraction of sp³-hybridized carbons (Fsp3) is 0.304. The van der Waals surface area contributed by atoms with E-state index in [0.717, 1.165) is 11.1 Å². The topological polar surface area (TPSA) is 145 Å². The van der Waals surface area contributed by atoms with Crippen molar-refractivity contribution in [2.75, 3.05) is 0 Å². The molecule has 0 heterocycles. The molecule has 0 radical (unpaired) electrons. The molecule has 0 aromatic heterocycles. The number of rotatable bonds is 11. The Morgan fingerprint density at radius 3 is 1.91 bits per heavy atom. The Bertz CT molecular complexity index is 918. The second-order valence-corrected chi connectivity index (χ2v) is 7.17. The molecule has 0 fully saturated rings. The largest absolute Gasteiger partial charge is 0.480 e. The Morgan fingerprint density at radius 1 is 0.906 bits per heavy atom. The molecular formula is C23H26N2O7. The van der Waals surface area contributed by atoms with Gasteiger partial charge in [0.15, 0.2) is 5.78 Å². The van der Waals surface area contributed by atoms with Gasteiger partial charge in [0, 0.05) is 5.92 Å². The predicted molar refractivity (Wildman–Crippen MR) is 114 cm³/mol. The van der Waals surface area contributed by atoms with E-state index in [1.165, 1.54) is 6.92 Å². The lowest BCUT2D eigenvalue weighted by molar-refractivity contribution is -0.147. The molecule has 0 saturated carbocycles. The van der Waals surface area contributed by atoms with Crippen LogP contribution >= 0.6 is 0 Å². The third-order valence-corrected chi connectivity index (χ3v) is 4.70. The molecule has 0 aliphatic heterocycles. The summed E-state index contributed by atoms with van der Waals surface area (Å²) in [5, 5.41) is 11.6. The molecule has 170 valence electrons. The Hall–Kier alpha value is -3.72. The van der Waals surface area contributed by atoms with Crippen LogP contribution < -0.4 is 11.1 Å². The number of amides is 1. The maximum Gasteiger partial charge on any atom is 0.408 e. The quantitative estimate of drug-likeness (QED) is 0.448. The zero-order valence-electron chi connectivity index (χ0n) is 17.6. The number of carbonyl (C=O) groups is 4. The highest BCUT2D eigenvalue weighted by Crippen LogP contribution is 2.11. The minimum atomic E-state index is -1.57. The minimum absolute atomic E-state index is 0.0305. The molecule has 0 bridgehead atoms. The van der Waals surface area contributed by atoms with Crippen LogP contribution in [0.2, 0.25) is 0 Å². The number of carboxylic acid groups (broad SMARTS) is 1. The van der Waals surface area contributed by atoms with E-state index in [9.17, 15) is 24.3 Å². The van der Waals surface area contributed by atoms with Crippen LogP contribution in [0.4, 0.5) is 4.79 Å². The van der Waals surface area contributed by atoms with Gasteiger partial charge in [0.05, 0.1) is 12.5 Å². The number of carbonyl (C=O) groups excluding carboxylic acids is 3. The average molecular weight is 442 g/mol. The second-order valence-electron chi connectivity index (χ2n) is 7.17. The summed E-state index contributed by atoms with van der Waals surface area (Å²) in [5.41, 5.74) is 7.30. The standard InChI is InChI=1S/C23H26N2O7/c1-15(20(22(28)29)25-23(30)32-14-17-10-6-3-7-11-17)21(27)18(24)12-19(26)31-13-16-8-4-2-5-9-16/h2-11,15,18,20H,12-14,24H2,1H3,(H,25,30)(H,28,29)/t15?,18-,20?/m0/s1. The molecule has 2 unspecified atom stereocenters. The number of ether oxygens (including phenoxy) is 2. The van der Waals surface area contributed by atoms with Crippen molar-refractivity contribution in [3.05, 3.63) is 71.8 Å². The normalized spacial score (nSPS) is 13.3. The number of hydrogen-bond donors (Lipinski definition) is 3. The van der Waals surface area contributed by atoms with Crippen molar-refractivity contribution in [3.8, 4) is 0 Å². The monoisotopic (exact) mass is 442 g/mol. The van der Waals surface area contributed by atoms with Crippen LogP contribution in [-0.4, -0.2) is 41.0 Å². The summed E-state index contributed by atoms with van der Waals surface area (Å²) in [5.74, 6) is -4.02. The summed E-state index contributed by atoms with van der Waals surface area (Å²) in [6.45, 7) is 1.28. The number of Topliss-reactive ketones (excluding diaryl/α,β-unsaturated/α-hetero) is 1. The first-order valence-corrected chi connectivity index (χ1v) is 9.96. The number of esters is 1. The van der Waals surface area contributed by atoms with Crippen LogP contribution in [0.3, 0.4) is 0 Å². The molecule has 2 rings (SSSR count). The van der Waals surface area contributed by atoms with E-state index in [0.29, 0.717) is 0 Å². The zero-order chi connectivity index (χ0) is 23.5. The van der Waals surface area contributed by atoms with Crippen molar-refractivity contribution < 1.29 is 33.8 Å². The van der Waals surface area contributed by atoms with Gasteiger partial charge in [0.2, 0.25) is 0 Å². The number of carboxylic acids is 1. The molecule has 1 amide bonds. The molecule has 3 atom stereocenters. The number of aliphatic carboxylic acids is 1. The molecule has 9 nitrogen and oxygen atoms in total. The SMILES string of the molecule is CC(C(=O)[C@@H](N)CC(=O)OCc1ccccc1)C(NC(=O)OCc1ccccc1)C(=O)O. The van der Waals surface area contributed by atoms with E-state index >= 15 is 0 Å². The third kappa shape index (κ3) is 7.84. The van der Waals surface area contributed by atoms with Crippen LogP contribution in [0, 0.1) is 5.92 Å². The number of nitrogens with one attached hydrogen (secondary N) is 1. The molecule has 32 heavy (non-hydrogen) atoms. The van der Waals surface area contributed by atoms with Crippen LogP contribution in [0.25, 0.3) is 0 Å². The molecule has 4 N–H and O–H groups in total. The Balaban J connectivity index is 1.86. The molecular weight excluding hydrogens is 416 g/mol. The molecule has 0 aliphatic carbocycles. The summed E-state index contributed by atoms with van der Waals surface area (Å²) in [7, 11) is 0. The minimum Gasteiger partial charge on any atom is -0.480 e. The van der Waals surface area contributed by atoms with Crippen molar-refractivity contribution in [2.45, 2.75) is 38.6 Å². The summed E-state index contributed by atoms with van der Waals surface area (Å²) < 4.78 is 10.1. The number of benzene rings is 2.